The van der Waals surface area contributed by atoms with E-state index in [1.54, 1.807) is 0 Å². The van der Waals surface area contributed by atoms with Crippen molar-refractivity contribution in [3.8, 4) is 6.07 Å². The molecule has 17 heavy (non-hydrogen) atoms. The van der Waals surface area contributed by atoms with E-state index in [0.29, 0.717) is 6.42 Å². The van der Waals surface area contributed by atoms with Crippen molar-refractivity contribution >= 4 is 0 Å². The first-order valence-electron chi connectivity index (χ1n) is 5.85. The van der Waals surface area contributed by atoms with Crippen molar-refractivity contribution in [1.29, 1.82) is 5.26 Å². The molecule has 5 nitrogen and oxygen atoms in total. The number of likely N-dealkylation sites (N-methyl/N-ethyl adjacent to an activating group) is 1. The Morgan fingerprint density at radius 1 is 1.65 bits per heavy atom. The Morgan fingerprint density at radius 3 is 2.76 bits per heavy atom. The van der Waals surface area contributed by atoms with Gasteiger partial charge in [-0.05, 0) is 26.3 Å². The van der Waals surface area contributed by atoms with Gasteiger partial charge in [-0.2, -0.15) is 5.26 Å². The summed E-state index contributed by atoms with van der Waals surface area (Å²) in [5.74, 6) is 0.144. The number of hydrogen-bond acceptors (Lipinski definition) is 5. The molecular weight excluding hydrogens is 218 g/mol. The normalized spacial score (nSPS) is 33.8. The molecule has 0 amide bonds. The van der Waals surface area contributed by atoms with E-state index >= 15 is 0 Å². The van der Waals surface area contributed by atoms with Gasteiger partial charge >= 0.3 is 0 Å². The van der Waals surface area contributed by atoms with Crippen molar-refractivity contribution < 1.29 is 10.2 Å². The first-order chi connectivity index (χ1) is 8.06. The third kappa shape index (κ3) is 2.85. The number of nitrogens with zero attached hydrogens (tertiary/aromatic N) is 2. The van der Waals surface area contributed by atoms with Gasteiger partial charge in [-0.3, -0.25) is 4.90 Å². The molecule has 1 heterocycles. The van der Waals surface area contributed by atoms with E-state index in [-0.39, 0.29) is 24.6 Å². The van der Waals surface area contributed by atoms with E-state index in [2.05, 4.69) is 6.07 Å². The number of rotatable bonds is 4. The molecule has 1 aliphatic rings. The van der Waals surface area contributed by atoms with Gasteiger partial charge in [-0.15, -0.1) is 0 Å². The van der Waals surface area contributed by atoms with E-state index in [9.17, 15) is 5.11 Å². The second-order valence-electron chi connectivity index (χ2n) is 4.55. The Bertz CT molecular complexity index is 313. The minimum absolute atomic E-state index is 0.113. The standard InChI is InChI=1S/C12H21N3O2/c1-3-4-8-5-9(6-13)15(2)12(8)11(14)10(17)7-16/h3-4,8-12,16-17H,5,7,14H2,1-2H3/b4-3-/t8-,9-,10-,11+,12-/m1/s1. The van der Waals surface area contributed by atoms with Crippen LogP contribution in [0.25, 0.3) is 0 Å². The Morgan fingerprint density at radius 2 is 2.29 bits per heavy atom. The molecule has 0 spiro atoms. The maximum atomic E-state index is 9.64. The number of nitrogens with two attached hydrogens (primary N) is 1. The third-order valence-corrected chi connectivity index (χ3v) is 3.51. The Balaban J connectivity index is 2.88. The van der Waals surface area contributed by atoms with Crippen molar-refractivity contribution in [2.75, 3.05) is 13.7 Å². The summed E-state index contributed by atoms with van der Waals surface area (Å²) in [6.07, 6.45) is 3.72. The van der Waals surface area contributed by atoms with Crippen LogP contribution in [0.3, 0.4) is 0 Å². The van der Waals surface area contributed by atoms with Crippen LogP contribution >= 0.6 is 0 Å². The van der Waals surface area contributed by atoms with Gasteiger partial charge in [0.15, 0.2) is 0 Å². The molecule has 0 bridgehead atoms. The molecule has 0 aromatic rings. The Labute approximate surface area is 102 Å². The molecule has 96 valence electrons. The van der Waals surface area contributed by atoms with Crippen LogP contribution in [-0.2, 0) is 0 Å². The van der Waals surface area contributed by atoms with Crippen molar-refractivity contribution in [3.63, 3.8) is 0 Å². The average molecular weight is 239 g/mol. The number of nitriles is 1. The number of hydrogen-bond donors (Lipinski definition) is 3. The van der Waals surface area contributed by atoms with E-state index in [1.807, 2.05) is 31.0 Å². The van der Waals surface area contributed by atoms with Crippen molar-refractivity contribution in [2.24, 2.45) is 11.7 Å². The maximum Gasteiger partial charge on any atom is 0.0984 e. The second kappa shape index (κ2) is 6.12. The van der Waals surface area contributed by atoms with E-state index in [0.717, 1.165) is 0 Å². The van der Waals surface area contributed by atoms with Gasteiger partial charge in [0.2, 0.25) is 0 Å². The van der Waals surface area contributed by atoms with Gasteiger partial charge in [0.25, 0.3) is 0 Å². The van der Waals surface area contributed by atoms with Crippen LogP contribution in [0.1, 0.15) is 13.3 Å². The minimum Gasteiger partial charge on any atom is -0.394 e. The molecule has 1 aliphatic heterocycles. The Kier molecular flexibility index (Phi) is 5.09. The van der Waals surface area contributed by atoms with Gasteiger partial charge in [0.1, 0.15) is 0 Å². The summed E-state index contributed by atoms with van der Waals surface area (Å²) in [6.45, 7) is 1.57. The van der Waals surface area contributed by atoms with Crippen LogP contribution in [0, 0.1) is 17.2 Å². The molecule has 0 aromatic heterocycles. The molecule has 0 radical (unpaired) electrons. The maximum absolute atomic E-state index is 9.64. The monoisotopic (exact) mass is 239 g/mol. The van der Waals surface area contributed by atoms with Crippen molar-refractivity contribution in [2.45, 2.75) is 37.6 Å². The van der Waals surface area contributed by atoms with Crippen LogP contribution in [0.5, 0.6) is 0 Å². The lowest BCUT2D eigenvalue weighted by Crippen LogP contribution is -2.53. The largest absolute Gasteiger partial charge is 0.394 e. The van der Waals surface area contributed by atoms with Gasteiger partial charge in [0, 0.05) is 12.1 Å². The SMILES string of the molecule is C/C=C\[C@@H]1C[C@H](C#N)N(C)[C@H]1[C@@H](N)[C@H](O)CO. The summed E-state index contributed by atoms with van der Waals surface area (Å²) < 4.78 is 0. The molecule has 0 saturated carbocycles. The predicted molar refractivity (Wildman–Crippen MR) is 64.9 cm³/mol. The average Bonchev–Trinajstić information content (AvgIpc) is 2.64. The zero-order valence-corrected chi connectivity index (χ0v) is 10.3. The van der Waals surface area contributed by atoms with Gasteiger partial charge in [-0.25, -0.2) is 0 Å². The molecule has 5 atom stereocenters. The molecule has 5 heteroatoms. The van der Waals surface area contributed by atoms with Crippen molar-refractivity contribution in [1.82, 2.24) is 4.90 Å². The number of allylic oxidation sites excluding steroid dienone is 1. The van der Waals surface area contributed by atoms with Crippen LogP contribution in [0.15, 0.2) is 12.2 Å². The highest BCUT2D eigenvalue weighted by Gasteiger charge is 2.42. The lowest BCUT2D eigenvalue weighted by Gasteiger charge is -2.32. The van der Waals surface area contributed by atoms with E-state index in [4.69, 9.17) is 16.1 Å². The fraction of sp³-hybridized carbons (Fsp3) is 0.750. The van der Waals surface area contributed by atoms with E-state index < -0.39 is 12.1 Å². The van der Waals surface area contributed by atoms with Crippen LogP contribution in [0.4, 0.5) is 0 Å². The highest BCUT2D eigenvalue weighted by molar-refractivity contribution is 5.11. The predicted octanol–water partition coefficient (Wildman–Crippen LogP) is -0.545. The first-order valence-corrected chi connectivity index (χ1v) is 5.85. The lowest BCUT2D eigenvalue weighted by atomic mass is 9.91. The first kappa shape index (κ1) is 14.1. The number of likely N-dealkylation sites (tertiary alicyclic amines) is 1. The zero-order chi connectivity index (χ0) is 13.0. The highest BCUT2D eigenvalue weighted by atomic mass is 16.3. The molecule has 0 unspecified atom stereocenters. The highest BCUT2D eigenvalue weighted by Crippen LogP contribution is 2.31. The summed E-state index contributed by atoms with van der Waals surface area (Å²) in [5, 5.41) is 27.6. The quantitative estimate of drug-likeness (QED) is 0.573. The zero-order valence-electron chi connectivity index (χ0n) is 10.3. The van der Waals surface area contributed by atoms with Crippen molar-refractivity contribution in [3.05, 3.63) is 12.2 Å². The van der Waals surface area contributed by atoms with Gasteiger partial charge < -0.3 is 15.9 Å². The molecule has 0 aliphatic carbocycles. The summed E-state index contributed by atoms with van der Waals surface area (Å²) in [7, 11) is 1.84. The summed E-state index contributed by atoms with van der Waals surface area (Å²) in [5.41, 5.74) is 5.97. The molecule has 1 rings (SSSR count). The number of aliphatic hydroxyl groups is 2. The fourth-order valence-electron chi connectivity index (χ4n) is 2.56. The lowest BCUT2D eigenvalue weighted by molar-refractivity contribution is 0.0441. The molecule has 1 fully saturated rings. The summed E-state index contributed by atoms with van der Waals surface area (Å²) >= 11 is 0. The fourth-order valence-corrected chi connectivity index (χ4v) is 2.56. The van der Waals surface area contributed by atoms with Crippen LogP contribution in [0.2, 0.25) is 0 Å². The van der Waals surface area contributed by atoms with Crippen LogP contribution < -0.4 is 5.73 Å². The smallest absolute Gasteiger partial charge is 0.0984 e. The third-order valence-electron chi connectivity index (χ3n) is 3.51. The van der Waals surface area contributed by atoms with Crippen LogP contribution in [-0.4, -0.2) is 53.0 Å². The topological polar surface area (TPSA) is 93.5 Å². The molecule has 1 saturated heterocycles. The molecular formula is C12H21N3O2. The second-order valence-corrected chi connectivity index (χ2v) is 4.55. The molecule has 0 aromatic carbocycles. The van der Waals surface area contributed by atoms with Gasteiger partial charge in [-0.1, -0.05) is 12.2 Å². The van der Waals surface area contributed by atoms with Gasteiger partial charge in [0.05, 0.1) is 24.8 Å². The Hall–Kier alpha value is -0.930. The van der Waals surface area contributed by atoms with E-state index in [1.165, 1.54) is 0 Å². The molecule has 4 N–H and O–H groups in total. The number of aliphatic hydroxyl groups excluding tert-OH is 2. The summed E-state index contributed by atoms with van der Waals surface area (Å²) in [4.78, 5) is 1.90. The summed E-state index contributed by atoms with van der Waals surface area (Å²) in [6, 6.07) is 1.39. The minimum atomic E-state index is -0.951.